The van der Waals surface area contributed by atoms with Crippen LogP contribution in [0.2, 0.25) is 0 Å². The van der Waals surface area contributed by atoms with Crippen LogP contribution in [0.25, 0.3) is 0 Å². The zero-order valence-corrected chi connectivity index (χ0v) is 38.7. The fourth-order valence-electron chi connectivity index (χ4n) is 6.67. The van der Waals surface area contributed by atoms with E-state index in [4.69, 9.17) is 14.2 Å². The van der Waals surface area contributed by atoms with Gasteiger partial charge >= 0.3 is 11.9 Å². The standard InChI is InChI=1S/C51H89NO7/c1-6-8-10-12-14-16-18-20-22-24-26-28-30-32-34-36-38-40-42-50(54)59-47(45-57-44-43-48(51(55)56)52(3,4)5)46-58-49(53)41-39-37-35-33-31-29-27-25-23-21-19-17-15-13-11-9-7-2/h21-24,26-29,33,35,47-48H,6-20,25,30-32,34,36-46H2,1-5H3/b23-21+,24-22+,28-26+,29-27+,35-33+. The quantitative estimate of drug-likeness (QED) is 0.0198. The van der Waals surface area contributed by atoms with E-state index >= 15 is 0 Å². The average Bonchev–Trinajstić information content (AvgIpc) is 3.19. The molecule has 0 aromatic heterocycles. The minimum atomic E-state index is -1.14. The lowest BCUT2D eigenvalue weighted by atomic mass is 10.1. The summed E-state index contributed by atoms with van der Waals surface area (Å²) >= 11 is 0. The van der Waals surface area contributed by atoms with Gasteiger partial charge in [0.05, 0.1) is 40.3 Å². The van der Waals surface area contributed by atoms with Gasteiger partial charge in [-0.2, -0.15) is 0 Å². The molecule has 0 aliphatic rings. The molecule has 2 atom stereocenters. The fourth-order valence-corrected chi connectivity index (χ4v) is 6.67. The number of carbonyl (C=O) groups is 3. The van der Waals surface area contributed by atoms with Crippen LogP contribution in [0.15, 0.2) is 60.8 Å². The van der Waals surface area contributed by atoms with Crippen molar-refractivity contribution in [2.45, 2.75) is 206 Å². The Bertz CT molecular complexity index is 1150. The van der Waals surface area contributed by atoms with E-state index in [1.165, 1.54) is 89.9 Å². The summed E-state index contributed by atoms with van der Waals surface area (Å²) in [5.74, 6) is -1.82. The van der Waals surface area contributed by atoms with Crippen LogP contribution < -0.4 is 5.11 Å². The van der Waals surface area contributed by atoms with E-state index in [1.807, 2.05) is 0 Å². The number of carboxylic acids is 1. The summed E-state index contributed by atoms with van der Waals surface area (Å²) < 4.78 is 17.1. The molecule has 0 radical (unpaired) electrons. The number of rotatable bonds is 42. The maximum Gasteiger partial charge on any atom is 0.306 e. The predicted octanol–water partition coefficient (Wildman–Crippen LogP) is 12.0. The van der Waals surface area contributed by atoms with E-state index in [0.717, 1.165) is 64.2 Å². The fraction of sp³-hybridized carbons (Fsp3) is 0.745. The van der Waals surface area contributed by atoms with Gasteiger partial charge in [0.25, 0.3) is 0 Å². The summed E-state index contributed by atoms with van der Waals surface area (Å²) in [5.41, 5.74) is 0. The van der Waals surface area contributed by atoms with Crippen LogP contribution in [0, 0.1) is 0 Å². The first-order chi connectivity index (χ1) is 28.6. The van der Waals surface area contributed by atoms with Crippen molar-refractivity contribution in [3.8, 4) is 0 Å². The van der Waals surface area contributed by atoms with Crippen molar-refractivity contribution in [3.05, 3.63) is 60.8 Å². The van der Waals surface area contributed by atoms with E-state index < -0.39 is 18.1 Å². The number of likely N-dealkylation sites (N-methyl/N-ethyl adjacent to an activating group) is 1. The average molecular weight is 828 g/mol. The third-order valence-corrected chi connectivity index (χ3v) is 10.4. The van der Waals surface area contributed by atoms with Crippen LogP contribution in [0.1, 0.15) is 194 Å². The first-order valence-corrected chi connectivity index (χ1v) is 23.8. The Balaban J connectivity index is 4.42. The lowest BCUT2D eigenvalue weighted by molar-refractivity contribution is -0.889. The van der Waals surface area contributed by atoms with Crippen molar-refractivity contribution in [1.29, 1.82) is 0 Å². The summed E-state index contributed by atoms with van der Waals surface area (Å²) in [5, 5.41) is 11.6. The van der Waals surface area contributed by atoms with Crippen molar-refractivity contribution >= 4 is 17.9 Å². The number of hydrogen-bond acceptors (Lipinski definition) is 7. The molecule has 0 rings (SSSR count). The summed E-state index contributed by atoms with van der Waals surface area (Å²) in [6.45, 7) is 4.58. The Morgan fingerprint density at radius 3 is 1.47 bits per heavy atom. The van der Waals surface area contributed by atoms with Gasteiger partial charge in [0.1, 0.15) is 12.6 Å². The summed E-state index contributed by atoms with van der Waals surface area (Å²) in [7, 11) is 5.39. The van der Waals surface area contributed by atoms with Crippen LogP contribution in [0.4, 0.5) is 0 Å². The molecule has 8 nitrogen and oxygen atoms in total. The minimum absolute atomic E-state index is 0.0168. The lowest BCUT2D eigenvalue weighted by Gasteiger charge is -2.34. The van der Waals surface area contributed by atoms with Crippen molar-refractivity contribution < 1.29 is 38.2 Å². The highest BCUT2D eigenvalue weighted by Gasteiger charge is 2.25. The Labute approximate surface area is 362 Å². The number of ether oxygens (including phenoxy) is 3. The molecule has 0 aromatic rings. The van der Waals surface area contributed by atoms with Crippen LogP contribution >= 0.6 is 0 Å². The highest BCUT2D eigenvalue weighted by Crippen LogP contribution is 2.13. The predicted molar refractivity (Wildman–Crippen MR) is 245 cm³/mol. The molecule has 0 saturated carbocycles. The van der Waals surface area contributed by atoms with Gasteiger partial charge in [0, 0.05) is 19.3 Å². The molecule has 8 heteroatoms. The SMILES string of the molecule is CCCCCCCC/C=C/C/C=C/C/C=C/CCCC(=O)OCC(COCCC(C(=O)[O-])[N+](C)(C)C)OC(=O)CCCCCCC/C=C/C=C/CCCCCCCCC. The maximum atomic E-state index is 12.7. The van der Waals surface area contributed by atoms with Gasteiger partial charge in [-0.25, -0.2) is 0 Å². The molecule has 0 saturated heterocycles. The Kier molecular flexibility index (Phi) is 39.6. The van der Waals surface area contributed by atoms with E-state index in [1.54, 1.807) is 21.1 Å². The number of allylic oxidation sites excluding steroid dienone is 10. The van der Waals surface area contributed by atoms with Gasteiger partial charge in [0.15, 0.2) is 6.10 Å². The molecule has 0 amide bonds. The Morgan fingerprint density at radius 1 is 0.525 bits per heavy atom. The molecule has 2 unspecified atom stereocenters. The van der Waals surface area contributed by atoms with E-state index in [-0.39, 0.29) is 49.1 Å². The van der Waals surface area contributed by atoms with Crippen LogP contribution in [-0.2, 0) is 28.6 Å². The second-order valence-corrected chi connectivity index (χ2v) is 17.0. The Hall–Kier alpha value is -2.97. The topological polar surface area (TPSA) is 102 Å². The molecule has 0 aliphatic heterocycles. The molecule has 59 heavy (non-hydrogen) atoms. The number of quaternary nitrogens is 1. The molecular formula is C51H89NO7. The van der Waals surface area contributed by atoms with Gasteiger partial charge in [-0.1, -0.05) is 164 Å². The van der Waals surface area contributed by atoms with Crippen LogP contribution in [0.5, 0.6) is 0 Å². The minimum Gasteiger partial charge on any atom is -0.544 e. The van der Waals surface area contributed by atoms with Gasteiger partial charge in [-0.15, -0.1) is 0 Å². The first-order valence-electron chi connectivity index (χ1n) is 23.8. The zero-order valence-electron chi connectivity index (χ0n) is 38.7. The number of unbranched alkanes of at least 4 members (excludes halogenated alkanes) is 19. The van der Waals surface area contributed by atoms with Crippen molar-refractivity contribution in [2.24, 2.45) is 0 Å². The van der Waals surface area contributed by atoms with Crippen molar-refractivity contribution in [2.75, 3.05) is 41.0 Å². The molecule has 0 spiro atoms. The number of nitrogens with zero attached hydrogens (tertiary/aromatic N) is 1. The second kappa shape index (κ2) is 41.8. The van der Waals surface area contributed by atoms with Gasteiger partial charge < -0.3 is 28.6 Å². The molecule has 0 fully saturated rings. The van der Waals surface area contributed by atoms with E-state index in [2.05, 4.69) is 74.6 Å². The summed E-state index contributed by atoms with van der Waals surface area (Å²) in [6.07, 6.45) is 51.1. The Morgan fingerprint density at radius 2 is 0.966 bits per heavy atom. The maximum absolute atomic E-state index is 12.7. The zero-order chi connectivity index (χ0) is 43.5. The molecule has 340 valence electrons. The van der Waals surface area contributed by atoms with Crippen LogP contribution in [0.3, 0.4) is 0 Å². The van der Waals surface area contributed by atoms with Crippen molar-refractivity contribution in [3.63, 3.8) is 0 Å². The number of carbonyl (C=O) groups excluding carboxylic acids is 3. The number of aliphatic carboxylic acids is 1. The van der Waals surface area contributed by atoms with Gasteiger partial charge in [-0.05, 0) is 70.6 Å². The smallest absolute Gasteiger partial charge is 0.306 e. The molecule has 0 aromatic carbocycles. The lowest BCUT2D eigenvalue weighted by Crippen LogP contribution is -2.55. The second-order valence-electron chi connectivity index (χ2n) is 17.0. The number of carboxylic acid groups (broad SMARTS) is 1. The highest BCUT2D eigenvalue weighted by molar-refractivity contribution is 5.70. The van der Waals surface area contributed by atoms with Gasteiger partial charge in [-0.3, -0.25) is 9.59 Å². The third kappa shape index (κ3) is 40.2. The third-order valence-electron chi connectivity index (χ3n) is 10.4. The summed E-state index contributed by atoms with van der Waals surface area (Å²) in [4.78, 5) is 36.9. The molecule has 0 N–H and O–H groups in total. The number of esters is 2. The van der Waals surface area contributed by atoms with Gasteiger partial charge in [0.2, 0.25) is 0 Å². The normalized spacial score (nSPS) is 13.4. The van der Waals surface area contributed by atoms with E-state index in [0.29, 0.717) is 12.8 Å². The molecule has 0 aliphatic carbocycles. The first kappa shape index (κ1) is 56.0. The highest BCUT2D eigenvalue weighted by atomic mass is 16.6. The van der Waals surface area contributed by atoms with Crippen LogP contribution in [-0.4, -0.2) is 75.5 Å². The molecule has 0 bridgehead atoms. The molecular weight excluding hydrogens is 739 g/mol. The number of hydrogen-bond donors (Lipinski definition) is 0. The largest absolute Gasteiger partial charge is 0.544 e. The van der Waals surface area contributed by atoms with E-state index in [9.17, 15) is 19.5 Å². The monoisotopic (exact) mass is 828 g/mol. The summed E-state index contributed by atoms with van der Waals surface area (Å²) in [6, 6.07) is -0.738. The molecule has 0 heterocycles. The van der Waals surface area contributed by atoms with Crippen molar-refractivity contribution in [1.82, 2.24) is 0 Å².